The van der Waals surface area contributed by atoms with E-state index in [1.807, 2.05) is 25.1 Å². The lowest BCUT2D eigenvalue weighted by atomic mass is 9.98. The second-order valence-corrected chi connectivity index (χ2v) is 6.68. The van der Waals surface area contributed by atoms with Crippen LogP contribution in [0.15, 0.2) is 24.3 Å². The summed E-state index contributed by atoms with van der Waals surface area (Å²) in [6.07, 6.45) is 2.08. The Bertz CT molecular complexity index is 557. The second kappa shape index (κ2) is 8.88. The predicted octanol–water partition coefficient (Wildman–Crippen LogP) is 4.51. The van der Waals surface area contributed by atoms with Crippen molar-refractivity contribution in [3.8, 4) is 0 Å². The summed E-state index contributed by atoms with van der Waals surface area (Å²) in [6, 6.07) is 6.87. The number of carbonyl (C=O) groups excluding carboxylic acids is 1. The molecule has 0 atom stereocenters. The highest BCUT2D eigenvalue weighted by atomic mass is 16.1. The van der Waals surface area contributed by atoms with Crippen molar-refractivity contribution < 1.29 is 6.22 Å². The third-order valence-electron chi connectivity index (χ3n) is 4.34. The third-order valence-corrected chi connectivity index (χ3v) is 4.34. The summed E-state index contributed by atoms with van der Waals surface area (Å²) in [4.78, 5) is 14.8. The summed E-state index contributed by atoms with van der Waals surface area (Å²) in [6.45, 7) is 16.5. The SMILES string of the molecule is C/C=C(\C)c1cc(C(=O)NCCN(C(C)C)C(C)C)ccc1C.[HH]. The topological polar surface area (TPSA) is 32.3 Å². The van der Waals surface area contributed by atoms with Crippen molar-refractivity contribution in [3.63, 3.8) is 0 Å². The molecule has 0 bridgehead atoms. The molecule has 0 aliphatic carbocycles. The molecule has 0 unspecified atom stereocenters. The molecule has 1 N–H and O–H groups in total. The number of carbonyl (C=O) groups is 1. The van der Waals surface area contributed by atoms with Crippen molar-refractivity contribution in [1.82, 2.24) is 10.2 Å². The molecule has 1 amide bonds. The van der Waals surface area contributed by atoms with Gasteiger partial charge in [-0.1, -0.05) is 12.1 Å². The average molecular weight is 319 g/mol. The molecule has 0 radical (unpaired) electrons. The fourth-order valence-electron chi connectivity index (χ4n) is 2.86. The van der Waals surface area contributed by atoms with E-state index in [0.717, 1.165) is 17.7 Å². The van der Waals surface area contributed by atoms with Gasteiger partial charge < -0.3 is 5.32 Å². The van der Waals surface area contributed by atoms with Gasteiger partial charge in [0.25, 0.3) is 5.91 Å². The van der Waals surface area contributed by atoms with E-state index in [4.69, 9.17) is 0 Å². The number of rotatable bonds is 7. The van der Waals surface area contributed by atoms with E-state index in [2.05, 4.69) is 57.8 Å². The highest BCUT2D eigenvalue weighted by Crippen LogP contribution is 2.20. The van der Waals surface area contributed by atoms with Crippen LogP contribution >= 0.6 is 0 Å². The monoisotopic (exact) mass is 318 g/mol. The highest BCUT2D eigenvalue weighted by Gasteiger charge is 2.14. The number of aryl methyl sites for hydroxylation is 1. The maximum absolute atomic E-state index is 12.4. The first kappa shape index (κ1) is 19.4. The van der Waals surface area contributed by atoms with Gasteiger partial charge in [-0.3, -0.25) is 9.69 Å². The van der Waals surface area contributed by atoms with E-state index in [9.17, 15) is 4.79 Å². The van der Waals surface area contributed by atoms with Gasteiger partial charge in [0.15, 0.2) is 0 Å². The number of nitrogens with one attached hydrogen (secondary N) is 1. The van der Waals surface area contributed by atoms with Crippen LogP contribution in [0, 0.1) is 6.92 Å². The summed E-state index contributed by atoms with van der Waals surface area (Å²) in [5, 5.41) is 3.04. The van der Waals surface area contributed by atoms with Crippen molar-refractivity contribution in [2.24, 2.45) is 0 Å². The molecule has 23 heavy (non-hydrogen) atoms. The number of hydrogen-bond acceptors (Lipinski definition) is 2. The van der Waals surface area contributed by atoms with Crippen molar-refractivity contribution in [3.05, 3.63) is 41.0 Å². The van der Waals surface area contributed by atoms with E-state index < -0.39 is 0 Å². The Morgan fingerprint density at radius 2 is 1.87 bits per heavy atom. The van der Waals surface area contributed by atoms with Crippen LogP contribution in [0.25, 0.3) is 5.57 Å². The first-order valence-electron chi connectivity index (χ1n) is 8.55. The minimum atomic E-state index is 0. The Balaban J connectivity index is 0.00000529. The molecular formula is C20H34N2O. The van der Waals surface area contributed by atoms with Crippen molar-refractivity contribution >= 4 is 11.5 Å². The first-order chi connectivity index (χ1) is 10.8. The van der Waals surface area contributed by atoms with E-state index in [1.54, 1.807) is 0 Å². The Hall–Kier alpha value is -1.61. The molecule has 0 spiro atoms. The number of amides is 1. The molecule has 0 aliphatic rings. The molecule has 0 fully saturated rings. The van der Waals surface area contributed by atoms with Crippen LogP contribution in [-0.2, 0) is 0 Å². The van der Waals surface area contributed by atoms with Crippen LogP contribution < -0.4 is 5.32 Å². The van der Waals surface area contributed by atoms with Gasteiger partial charge in [0.2, 0.25) is 0 Å². The Morgan fingerprint density at radius 1 is 1.26 bits per heavy atom. The molecule has 130 valence electrons. The van der Waals surface area contributed by atoms with Gasteiger partial charge in [-0.25, -0.2) is 0 Å². The van der Waals surface area contributed by atoms with E-state index >= 15 is 0 Å². The number of allylic oxidation sites excluding steroid dienone is 2. The zero-order valence-electron chi connectivity index (χ0n) is 15.7. The van der Waals surface area contributed by atoms with Crippen molar-refractivity contribution in [2.45, 2.75) is 60.5 Å². The van der Waals surface area contributed by atoms with Crippen molar-refractivity contribution in [2.75, 3.05) is 13.1 Å². The minimum Gasteiger partial charge on any atom is -0.351 e. The summed E-state index contributed by atoms with van der Waals surface area (Å²) < 4.78 is 0. The Labute approximate surface area is 143 Å². The molecule has 3 nitrogen and oxygen atoms in total. The molecule has 0 saturated heterocycles. The fourth-order valence-corrected chi connectivity index (χ4v) is 2.86. The molecule has 0 heterocycles. The minimum absolute atomic E-state index is 0. The molecule has 1 rings (SSSR count). The van der Waals surface area contributed by atoms with Gasteiger partial charge in [-0.05, 0) is 77.3 Å². The van der Waals surface area contributed by atoms with E-state index in [0.29, 0.717) is 18.6 Å². The summed E-state index contributed by atoms with van der Waals surface area (Å²) in [7, 11) is 0. The zero-order valence-corrected chi connectivity index (χ0v) is 15.7. The van der Waals surface area contributed by atoms with Crippen LogP contribution in [0.5, 0.6) is 0 Å². The lowest BCUT2D eigenvalue weighted by Gasteiger charge is -2.30. The zero-order chi connectivity index (χ0) is 17.6. The van der Waals surface area contributed by atoms with Crippen LogP contribution in [0.3, 0.4) is 0 Å². The maximum atomic E-state index is 12.4. The second-order valence-electron chi connectivity index (χ2n) is 6.68. The fraction of sp³-hybridized carbons (Fsp3) is 0.550. The van der Waals surface area contributed by atoms with Gasteiger partial charge in [-0.2, -0.15) is 0 Å². The van der Waals surface area contributed by atoms with Gasteiger partial charge >= 0.3 is 0 Å². The summed E-state index contributed by atoms with van der Waals surface area (Å²) >= 11 is 0. The quantitative estimate of drug-likeness (QED) is 0.802. The number of benzene rings is 1. The third kappa shape index (κ3) is 5.51. The van der Waals surface area contributed by atoms with Gasteiger partial charge in [0, 0.05) is 32.2 Å². The Kier molecular flexibility index (Phi) is 7.50. The number of hydrogen-bond donors (Lipinski definition) is 1. The smallest absolute Gasteiger partial charge is 0.251 e. The van der Waals surface area contributed by atoms with Crippen LogP contribution in [0.2, 0.25) is 0 Å². The Morgan fingerprint density at radius 3 is 2.39 bits per heavy atom. The molecule has 0 saturated carbocycles. The molecule has 3 heteroatoms. The number of nitrogens with zero attached hydrogens (tertiary/aromatic N) is 1. The van der Waals surface area contributed by atoms with Crippen molar-refractivity contribution in [1.29, 1.82) is 0 Å². The molecule has 1 aromatic carbocycles. The summed E-state index contributed by atoms with van der Waals surface area (Å²) in [5.74, 6) is 0.00242. The van der Waals surface area contributed by atoms with Gasteiger partial charge in [-0.15, -0.1) is 0 Å². The molecular weight excluding hydrogens is 284 g/mol. The highest BCUT2D eigenvalue weighted by molar-refractivity contribution is 5.95. The van der Waals surface area contributed by atoms with Crippen LogP contribution in [-0.4, -0.2) is 36.0 Å². The van der Waals surface area contributed by atoms with Crippen LogP contribution in [0.4, 0.5) is 0 Å². The molecule has 0 aromatic heterocycles. The summed E-state index contributed by atoms with van der Waals surface area (Å²) in [5.41, 5.74) is 4.27. The standard InChI is InChI=1S/C20H32N2O.H2/c1-8-16(6)19-13-18(10-9-17(19)7)20(23)21-11-12-22(14(2)3)15(4)5;/h8-10,13-15H,11-12H2,1-7H3,(H,21,23);1H/b16-8+;. The van der Waals surface area contributed by atoms with Gasteiger partial charge in [0.05, 0.1) is 0 Å². The molecule has 0 aliphatic heterocycles. The first-order valence-corrected chi connectivity index (χ1v) is 8.55. The van der Waals surface area contributed by atoms with Gasteiger partial charge in [0.1, 0.15) is 0 Å². The molecule has 1 aromatic rings. The van der Waals surface area contributed by atoms with Crippen LogP contribution in [0.1, 0.15) is 64.5 Å². The average Bonchev–Trinajstić information content (AvgIpc) is 2.50. The van der Waals surface area contributed by atoms with E-state index in [-0.39, 0.29) is 7.33 Å². The van der Waals surface area contributed by atoms with E-state index in [1.165, 1.54) is 11.1 Å². The predicted molar refractivity (Wildman–Crippen MR) is 102 cm³/mol. The maximum Gasteiger partial charge on any atom is 0.251 e. The lowest BCUT2D eigenvalue weighted by molar-refractivity contribution is 0.0939. The normalized spacial score (nSPS) is 12.3. The lowest BCUT2D eigenvalue weighted by Crippen LogP contribution is -2.42. The largest absolute Gasteiger partial charge is 0.351 e.